The van der Waals surface area contributed by atoms with Crippen molar-refractivity contribution in [3.63, 3.8) is 0 Å². The van der Waals surface area contributed by atoms with Gasteiger partial charge in [0.15, 0.2) is 0 Å². The van der Waals surface area contributed by atoms with Gasteiger partial charge in [0.2, 0.25) is 5.91 Å². The van der Waals surface area contributed by atoms with Gasteiger partial charge in [0.05, 0.1) is 12.7 Å². The van der Waals surface area contributed by atoms with Crippen molar-refractivity contribution in [2.24, 2.45) is 0 Å². The number of H-pyrrole nitrogens is 1. The number of nitrogens with one attached hydrogen (secondary N) is 2. The van der Waals surface area contributed by atoms with Crippen LogP contribution >= 0.6 is 0 Å². The molecule has 0 fully saturated rings. The van der Waals surface area contributed by atoms with Crippen LogP contribution in [-0.4, -0.2) is 42.4 Å². The molecule has 1 atom stereocenters. The van der Waals surface area contributed by atoms with E-state index in [1.54, 1.807) is 0 Å². The van der Waals surface area contributed by atoms with Gasteiger partial charge < -0.3 is 20.1 Å². The van der Waals surface area contributed by atoms with Crippen LogP contribution in [-0.2, 0) is 16.0 Å². The molecule has 21 heavy (non-hydrogen) atoms. The average molecular weight is 290 g/mol. The summed E-state index contributed by atoms with van der Waals surface area (Å²) in [5.41, 5.74) is 2.36. The number of aliphatic hydroxyl groups excluding tert-OH is 1. The highest BCUT2D eigenvalue weighted by Crippen LogP contribution is 2.19. The van der Waals surface area contributed by atoms with Gasteiger partial charge in [-0.15, -0.1) is 0 Å². The van der Waals surface area contributed by atoms with Gasteiger partial charge in [-0.3, -0.25) is 4.79 Å². The minimum absolute atomic E-state index is 0.0370. The molecule has 1 aromatic carbocycles. The Balaban J connectivity index is 1.73. The summed E-state index contributed by atoms with van der Waals surface area (Å²) >= 11 is 0. The zero-order chi connectivity index (χ0) is 15.1. The first-order chi connectivity index (χ1) is 10.2. The third-order valence-electron chi connectivity index (χ3n) is 3.42. The first-order valence-corrected chi connectivity index (χ1v) is 7.19. The minimum atomic E-state index is -0.646. The molecule has 1 amide bonds. The smallest absolute Gasteiger partial charge is 0.220 e. The Morgan fingerprint density at radius 1 is 1.43 bits per heavy atom. The maximum absolute atomic E-state index is 11.7. The van der Waals surface area contributed by atoms with Gasteiger partial charge in [-0.25, -0.2) is 0 Å². The van der Waals surface area contributed by atoms with E-state index >= 15 is 0 Å². The summed E-state index contributed by atoms with van der Waals surface area (Å²) in [5, 5.41) is 13.4. The Morgan fingerprint density at radius 3 is 3.05 bits per heavy atom. The fourth-order valence-corrected chi connectivity index (χ4v) is 2.35. The lowest BCUT2D eigenvalue weighted by Gasteiger charge is -2.10. The van der Waals surface area contributed by atoms with Crippen LogP contribution in [0, 0.1) is 0 Å². The van der Waals surface area contributed by atoms with E-state index in [0.717, 1.165) is 18.4 Å². The van der Waals surface area contributed by atoms with E-state index in [1.807, 2.05) is 24.4 Å². The van der Waals surface area contributed by atoms with E-state index < -0.39 is 6.10 Å². The van der Waals surface area contributed by atoms with Crippen LogP contribution in [0.15, 0.2) is 30.5 Å². The molecule has 5 heteroatoms. The predicted octanol–water partition coefficient (Wildman–Crippen LogP) is 1.61. The SMILES string of the molecule is COCC(O)CNC(=O)CCCc1c[nH]c2ccccc12. The zero-order valence-electron chi connectivity index (χ0n) is 12.3. The Hall–Kier alpha value is -1.85. The van der Waals surface area contributed by atoms with E-state index in [9.17, 15) is 9.90 Å². The summed E-state index contributed by atoms with van der Waals surface area (Å²) in [4.78, 5) is 14.9. The fourth-order valence-electron chi connectivity index (χ4n) is 2.35. The molecule has 0 saturated heterocycles. The third-order valence-corrected chi connectivity index (χ3v) is 3.42. The number of hydrogen-bond acceptors (Lipinski definition) is 3. The van der Waals surface area contributed by atoms with E-state index in [-0.39, 0.29) is 19.1 Å². The van der Waals surface area contributed by atoms with Crippen LogP contribution < -0.4 is 5.32 Å². The van der Waals surface area contributed by atoms with Crippen molar-refractivity contribution in [2.75, 3.05) is 20.3 Å². The summed E-state index contributed by atoms with van der Waals surface area (Å²) in [7, 11) is 1.52. The highest BCUT2D eigenvalue weighted by molar-refractivity contribution is 5.83. The summed E-state index contributed by atoms with van der Waals surface area (Å²) in [6.07, 6.45) is 3.46. The molecule has 114 valence electrons. The molecule has 0 aliphatic heterocycles. The fraction of sp³-hybridized carbons (Fsp3) is 0.438. The normalized spacial score (nSPS) is 12.5. The largest absolute Gasteiger partial charge is 0.389 e. The van der Waals surface area contributed by atoms with Crippen LogP contribution in [0.5, 0.6) is 0 Å². The lowest BCUT2D eigenvalue weighted by Crippen LogP contribution is -2.34. The van der Waals surface area contributed by atoms with Crippen molar-refractivity contribution in [3.05, 3.63) is 36.0 Å². The van der Waals surface area contributed by atoms with Gasteiger partial charge >= 0.3 is 0 Å². The number of ether oxygens (including phenoxy) is 1. The highest BCUT2D eigenvalue weighted by atomic mass is 16.5. The number of aliphatic hydroxyl groups is 1. The molecule has 2 rings (SSSR count). The Labute approximate surface area is 124 Å². The molecule has 0 saturated carbocycles. The Kier molecular flexibility index (Phi) is 5.78. The first kappa shape index (κ1) is 15.5. The third kappa shape index (κ3) is 4.58. The number of methoxy groups -OCH3 is 1. The second kappa shape index (κ2) is 7.81. The van der Waals surface area contributed by atoms with Crippen molar-refractivity contribution >= 4 is 16.8 Å². The molecule has 3 N–H and O–H groups in total. The molecule has 0 radical (unpaired) electrons. The molecule has 1 heterocycles. The lowest BCUT2D eigenvalue weighted by atomic mass is 10.1. The Bertz CT molecular complexity index is 580. The number of amides is 1. The minimum Gasteiger partial charge on any atom is -0.389 e. The van der Waals surface area contributed by atoms with Gasteiger partial charge in [0, 0.05) is 37.2 Å². The molecule has 1 aromatic heterocycles. The number of para-hydroxylation sites is 1. The predicted molar refractivity (Wildman–Crippen MR) is 82.1 cm³/mol. The number of aryl methyl sites for hydroxylation is 1. The number of aromatic nitrogens is 1. The van der Waals surface area contributed by atoms with Crippen LogP contribution in [0.1, 0.15) is 18.4 Å². The Morgan fingerprint density at radius 2 is 2.24 bits per heavy atom. The zero-order valence-corrected chi connectivity index (χ0v) is 12.3. The van der Waals surface area contributed by atoms with E-state index in [1.165, 1.54) is 18.1 Å². The maximum Gasteiger partial charge on any atom is 0.220 e. The van der Waals surface area contributed by atoms with E-state index in [2.05, 4.69) is 16.4 Å². The van der Waals surface area contributed by atoms with Crippen LogP contribution in [0.3, 0.4) is 0 Å². The van der Waals surface area contributed by atoms with Gasteiger partial charge in [-0.1, -0.05) is 18.2 Å². The number of aromatic amines is 1. The van der Waals surface area contributed by atoms with Gasteiger partial charge in [0.1, 0.15) is 0 Å². The molecular weight excluding hydrogens is 268 g/mol. The summed E-state index contributed by atoms with van der Waals surface area (Å²) in [6.45, 7) is 0.468. The van der Waals surface area contributed by atoms with E-state index in [0.29, 0.717) is 6.42 Å². The topological polar surface area (TPSA) is 74.3 Å². The summed E-state index contributed by atoms with van der Waals surface area (Å²) < 4.78 is 4.80. The summed E-state index contributed by atoms with van der Waals surface area (Å²) in [5.74, 6) is -0.0370. The quantitative estimate of drug-likeness (QED) is 0.691. The average Bonchev–Trinajstić information content (AvgIpc) is 2.89. The van der Waals surface area contributed by atoms with Crippen molar-refractivity contribution in [1.82, 2.24) is 10.3 Å². The molecule has 0 aliphatic carbocycles. The molecule has 5 nitrogen and oxygen atoms in total. The first-order valence-electron chi connectivity index (χ1n) is 7.19. The monoisotopic (exact) mass is 290 g/mol. The second-order valence-electron chi connectivity index (χ2n) is 5.13. The number of hydrogen-bond donors (Lipinski definition) is 3. The summed E-state index contributed by atoms with van der Waals surface area (Å²) in [6, 6.07) is 8.15. The highest BCUT2D eigenvalue weighted by Gasteiger charge is 2.08. The number of carbonyl (C=O) groups excluding carboxylic acids is 1. The van der Waals surface area contributed by atoms with Crippen LogP contribution in [0.2, 0.25) is 0 Å². The van der Waals surface area contributed by atoms with Crippen molar-refractivity contribution in [3.8, 4) is 0 Å². The van der Waals surface area contributed by atoms with Crippen LogP contribution in [0.4, 0.5) is 0 Å². The van der Waals surface area contributed by atoms with Crippen LogP contribution in [0.25, 0.3) is 10.9 Å². The lowest BCUT2D eigenvalue weighted by molar-refractivity contribution is -0.121. The number of fused-ring (bicyclic) bond motifs is 1. The van der Waals surface area contributed by atoms with Crippen molar-refractivity contribution < 1.29 is 14.6 Å². The number of benzene rings is 1. The molecule has 0 aliphatic rings. The second-order valence-corrected chi connectivity index (χ2v) is 5.13. The van der Waals surface area contributed by atoms with Crippen molar-refractivity contribution in [2.45, 2.75) is 25.4 Å². The molecular formula is C16H22N2O3. The number of rotatable bonds is 8. The van der Waals surface area contributed by atoms with Gasteiger partial charge in [-0.05, 0) is 24.5 Å². The molecule has 0 spiro atoms. The number of carbonyl (C=O) groups is 1. The molecule has 2 aromatic rings. The van der Waals surface area contributed by atoms with E-state index in [4.69, 9.17) is 4.74 Å². The maximum atomic E-state index is 11.7. The molecule has 0 bridgehead atoms. The standard InChI is InChI=1S/C16H22N2O3/c1-21-11-13(19)10-18-16(20)8-4-5-12-9-17-15-7-3-2-6-14(12)15/h2-3,6-7,9,13,17,19H,4-5,8,10-11H2,1H3,(H,18,20). The molecule has 1 unspecified atom stereocenters. The van der Waals surface area contributed by atoms with Crippen molar-refractivity contribution in [1.29, 1.82) is 0 Å². The van der Waals surface area contributed by atoms with Gasteiger partial charge in [0.25, 0.3) is 0 Å². The van der Waals surface area contributed by atoms with Gasteiger partial charge in [-0.2, -0.15) is 0 Å².